The van der Waals surface area contributed by atoms with Crippen LogP contribution in [0.2, 0.25) is 10.0 Å². The highest BCUT2D eigenvalue weighted by Gasteiger charge is 2.30. The molecule has 208 valence electrons. The van der Waals surface area contributed by atoms with Crippen LogP contribution in [0.3, 0.4) is 0 Å². The minimum absolute atomic E-state index is 0.0703. The molecule has 1 saturated heterocycles. The monoisotopic (exact) mass is 611 g/mol. The van der Waals surface area contributed by atoms with Gasteiger partial charge in [0.2, 0.25) is 15.9 Å². The lowest BCUT2D eigenvalue weighted by atomic mass is 10.2. The summed E-state index contributed by atoms with van der Waals surface area (Å²) in [6, 6.07) is 15.9. The molecule has 4 rings (SSSR count). The van der Waals surface area contributed by atoms with E-state index < -0.39 is 32.5 Å². The largest absolute Gasteiger partial charge is 0.495 e. The molecule has 1 amide bonds. The van der Waals surface area contributed by atoms with Crippen molar-refractivity contribution in [1.82, 2.24) is 4.31 Å². The smallest absolute Gasteiger partial charge is 0.264 e. The maximum Gasteiger partial charge on any atom is 0.264 e. The Labute approximate surface area is 238 Å². The zero-order valence-corrected chi connectivity index (χ0v) is 24.2. The van der Waals surface area contributed by atoms with Crippen molar-refractivity contribution >= 4 is 60.5 Å². The number of halogens is 2. The zero-order chi connectivity index (χ0) is 28.2. The Balaban J connectivity index is 1.64. The molecule has 3 aromatic carbocycles. The minimum atomic E-state index is -4.20. The molecule has 39 heavy (non-hydrogen) atoms. The van der Waals surface area contributed by atoms with Gasteiger partial charge >= 0.3 is 0 Å². The Bertz CT molecular complexity index is 1560. The van der Waals surface area contributed by atoms with E-state index in [9.17, 15) is 21.6 Å². The van der Waals surface area contributed by atoms with E-state index >= 15 is 0 Å². The number of hydrogen-bond acceptors (Lipinski definition) is 6. The van der Waals surface area contributed by atoms with E-state index in [4.69, 9.17) is 27.9 Å². The molecule has 1 aliphatic heterocycles. The van der Waals surface area contributed by atoms with Gasteiger partial charge in [-0.05, 0) is 73.5 Å². The van der Waals surface area contributed by atoms with Gasteiger partial charge in [-0.1, -0.05) is 35.7 Å². The highest BCUT2D eigenvalue weighted by atomic mass is 35.5. The van der Waals surface area contributed by atoms with E-state index in [0.29, 0.717) is 18.1 Å². The van der Waals surface area contributed by atoms with Gasteiger partial charge in [-0.25, -0.2) is 16.8 Å². The Morgan fingerprint density at radius 2 is 1.62 bits per heavy atom. The molecule has 1 aliphatic rings. The molecular weight excluding hydrogens is 585 g/mol. The Hall–Kier alpha value is -2.83. The number of methoxy groups -OCH3 is 1. The zero-order valence-electron chi connectivity index (χ0n) is 21.0. The molecule has 13 heteroatoms. The van der Waals surface area contributed by atoms with Crippen LogP contribution < -0.4 is 14.4 Å². The second-order valence-corrected chi connectivity index (χ2v) is 13.5. The van der Waals surface area contributed by atoms with Crippen molar-refractivity contribution in [1.29, 1.82) is 0 Å². The van der Waals surface area contributed by atoms with Crippen molar-refractivity contribution in [3.8, 4) is 5.75 Å². The number of carbonyl (C=O) groups excluding carboxylic acids is 1. The molecule has 1 fully saturated rings. The number of anilines is 2. The summed E-state index contributed by atoms with van der Waals surface area (Å²) >= 11 is 12.0. The van der Waals surface area contributed by atoms with Crippen molar-refractivity contribution < 1.29 is 26.4 Å². The number of ether oxygens (including phenoxy) is 1. The molecule has 0 spiro atoms. The van der Waals surface area contributed by atoms with Crippen LogP contribution >= 0.6 is 23.2 Å². The summed E-state index contributed by atoms with van der Waals surface area (Å²) in [5.41, 5.74) is 0.349. The maximum atomic E-state index is 13.5. The summed E-state index contributed by atoms with van der Waals surface area (Å²) < 4.78 is 61.4. The molecule has 0 unspecified atom stereocenters. The fourth-order valence-corrected chi connectivity index (χ4v) is 7.63. The molecule has 3 aromatic rings. The standard InChI is InChI=1S/C26H27Cl2N3O6S2/c1-37-24-13-10-21(17-25(24)39(35,36)30-14-3-2-4-15-30)29-26(32)18-31(22-7-5-6-20(28)16-22)38(33,34)23-11-8-19(27)9-12-23/h5-13,16-17H,2-4,14-15,18H2,1H3,(H,29,32). The van der Waals surface area contributed by atoms with Crippen LogP contribution in [0.15, 0.2) is 76.5 Å². The first kappa shape index (κ1) is 29.2. The van der Waals surface area contributed by atoms with Crippen LogP contribution in [0.25, 0.3) is 0 Å². The fraction of sp³-hybridized carbons (Fsp3) is 0.269. The van der Waals surface area contributed by atoms with Gasteiger partial charge in [-0.2, -0.15) is 4.31 Å². The summed E-state index contributed by atoms with van der Waals surface area (Å²) in [7, 11) is -6.70. The van der Waals surface area contributed by atoms with E-state index in [1.54, 1.807) is 12.1 Å². The molecule has 0 bridgehead atoms. The molecular formula is C26H27Cl2N3O6S2. The first-order valence-corrected chi connectivity index (χ1v) is 15.7. The Kier molecular flexibility index (Phi) is 9.07. The molecule has 9 nitrogen and oxygen atoms in total. The first-order valence-electron chi connectivity index (χ1n) is 12.0. The molecule has 0 radical (unpaired) electrons. The Morgan fingerprint density at radius 1 is 0.923 bits per heavy atom. The van der Waals surface area contributed by atoms with Crippen LogP contribution in [-0.2, 0) is 24.8 Å². The topological polar surface area (TPSA) is 113 Å². The maximum absolute atomic E-state index is 13.5. The third-order valence-corrected chi connectivity index (χ3v) is 10.4. The van der Waals surface area contributed by atoms with Gasteiger partial charge in [0.05, 0.1) is 17.7 Å². The van der Waals surface area contributed by atoms with E-state index in [2.05, 4.69) is 5.32 Å². The van der Waals surface area contributed by atoms with Gasteiger partial charge in [-0.15, -0.1) is 0 Å². The number of nitrogens with zero attached hydrogens (tertiary/aromatic N) is 2. The van der Waals surface area contributed by atoms with Crippen LogP contribution in [0.1, 0.15) is 19.3 Å². The van der Waals surface area contributed by atoms with Crippen molar-refractivity contribution in [3.05, 3.63) is 76.8 Å². The number of benzene rings is 3. The van der Waals surface area contributed by atoms with Crippen molar-refractivity contribution in [2.24, 2.45) is 0 Å². The van der Waals surface area contributed by atoms with Crippen molar-refractivity contribution in [3.63, 3.8) is 0 Å². The Morgan fingerprint density at radius 3 is 2.26 bits per heavy atom. The van der Waals surface area contributed by atoms with E-state index in [1.165, 1.54) is 66.0 Å². The van der Waals surface area contributed by atoms with Gasteiger partial charge in [0.15, 0.2) is 0 Å². The molecule has 0 saturated carbocycles. The molecule has 0 atom stereocenters. The van der Waals surface area contributed by atoms with Crippen LogP contribution in [0, 0.1) is 0 Å². The lowest BCUT2D eigenvalue weighted by molar-refractivity contribution is -0.114. The number of rotatable bonds is 9. The van der Waals surface area contributed by atoms with Crippen LogP contribution in [0.5, 0.6) is 5.75 Å². The van der Waals surface area contributed by atoms with E-state index in [1.807, 2.05) is 0 Å². The normalized spacial score (nSPS) is 14.5. The number of sulfonamides is 2. The number of amides is 1. The number of piperidine rings is 1. The van der Waals surface area contributed by atoms with E-state index in [-0.39, 0.29) is 31.9 Å². The number of carbonyl (C=O) groups is 1. The molecule has 0 aromatic heterocycles. The third-order valence-electron chi connectivity index (χ3n) is 6.17. The summed E-state index contributed by atoms with van der Waals surface area (Å²) in [5.74, 6) is -0.552. The second kappa shape index (κ2) is 12.1. The van der Waals surface area contributed by atoms with Crippen LogP contribution in [0.4, 0.5) is 11.4 Å². The molecule has 1 N–H and O–H groups in total. The first-order chi connectivity index (χ1) is 18.5. The van der Waals surface area contributed by atoms with Gasteiger partial charge in [0.25, 0.3) is 10.0 Å². The van der Waals surface area contributed by atoms with Gasteiger partial charge in [0, 0.05) is 28.8 Å². The lowest BCUT2D eigenvalue weighted by Crippen LogP contribution is -2.38. The van der Waals surface area contributed by atoms with Crippen molar-refractivity contribution in [2.75, 3.05) is 36.4 Å². The SMILES string of the molecule is COc1ccc(NC(=O)CN(c2cccc(Cl)c2)S(=O)(=O)c2ccc(Cl)cc2)cc1S(=O)(=O)N1CCCCC1. The van der Waals surface area contributed by atoms with Crippen molar-refractivity contribution in [2.45, 2.75) is 29.1 Å². The average Bonchev–Trinajstić information content (AvgIpc) is 2.92. The predicted molar refractivity (Wildman–Crippen MR) is 152 cm³/mol. The van der Waals surface area contributed by atoms with Gasteiger partial charge in [0.1, 0.15) is 17.2 Å². The van der Waals surface area contributed by atoms with Crippen LogP contribution in [-0.4, -0.2) is 53.8 Å². The summed E-state index contributed by atoms with van der Waals surface area (Å²) in [4.78, 5) is 13.0. The lowest BCUT2D eigenvalue weighted by Gasteiger charge is -2.27. The second-order valence-electron chi connectivity index (χ2n) is 8.82. The highest BCUT2D eigenvalue weighted by molar-refractivity contribution is 7.92. The minimum Gasteiger partial charge on any atom is -0.495 e. The summed E-state index contributed by atoms with van der Waals surface area (Å²) in [6.07, 6.45) is 2.49. The summed E-state index contributed by atoms with van der Waals surface area (Å²) in [5, 5.41) is 3.26. The third kappa shape index (κ3) is 6.67. The quantitative estimate of drug-likeness (QED) is 0.364. The predicted octanol–water partition coefficient (Wildman–Crippen LogP) is 5.01. The number of nitrogens with one attached hydrogen (secondary N) is 1. The number of hydrogen-bond donors (Lipinski definition) is 1. The molecule has 0 aliphatic carbocycles. The average molecular weight is 613 g/mol. The van der Waals surface area contributed by atoms with Gasteiger partial charge < -0.3 is 10.1 Å². The molecule has 1 heterocycles. The van der Waals surface area contributed by atoms with Gasteiger partial charge in [-0.3, -0.25) is 9.10 Å². The van der Waals surface area contributed by atoms with E-state index in [0.717, 1.165) is 23.6 Å². The summed E-state index contributed by atoms with van der Waals surface area (Å²) in [6.45, 7) is 0.198. The highest BCUT2D eigenvalue weighted by Crippen LogP contribution is 2.32. The fourth-order valence-electron chi connectivity index (χ4n) is 4.21.